The minimum absolute atomic E-state index is 0.341. The Kier molecular flexibility index (Phi) is 10.3. The Bertz CT molecular complexity index is 204. The van der Waals surface area contributed by atoms with Crippen LogP contribution in [0.2, 0.25) is 0 Å². The summed E-state index contributed by atoms with van der Waals surface area (Å²) in [6.07, 6.45) is 13.6. The predicted molar refractivity (Wildman–Crippen MR) is 75.9 cm³/mol. The largest absolute Gasteiger partial charge is 0.198 e. The molecule has 0 heterocycles. The van der Waals surface area contributed by atoms with E-state index in [9.17, 15) is 0 Å². The maximum atomic E-state index is 9.08. The van der Waals surface area contributed by atoms with Gasteiger partial charge in [-0.3, -0.25) is 0 Å². The smallest absolute Gasteiger partial charge is 0.0627 e. The number of nitrogens with zero attached hydrogens (tertiary/aromatic N) is 1. The molecule has 1 unspecified atom stereocenters. The van der Waals surface area contributed by atoms with Gasteiger partial charge in [-0.2, -0.15) is 5.26 Å². The number of rotatable bonds is 11. The summed E-state index contributed by atoms with van der Waals surface area (Å²) in [6.45, 7) is 6.76. The number of nitriles is 1. The standard InChI is InChI=1S/C16H31N/c1-4-7-9-10-13-16(11-6-3,14-15-17)12-8-5-2/h4-14H2,1-3H3. The highest BCUT2D eigenvalue weighted by molar-refractivity contribution is 4.88. The Morgan fingerprint density at radius 2 is 1.41 bits per heavy atom. The van der Waals surface area contributed by atoms with Gasteiger partial charge in [0.2, 0.25) is 0 Å². The van der Waals surface area contributed by atoms with E-state index < -0.39 is 0 Å². The van der Waals surface area contributed by atoms with Gasteiger partial charge in [-0.15, -0.1) is 0 Å². The summed E-state index contributed by atoms with van der Waals surface area (Å²) in [5.74, 6) is 0. The van der Waals surface area contributed by atoms with Crippen LogP contribution in [0.5, 0.6) is 0 Å². The molecule has 0 fully saturated rings. The number of hydrogen-bond acceptors (Lipinski definition) is 1. The van der Waals surface area contributed by atoms with E-state index in [1.165, 1.54) is 64.2 Å². The van der Waals surface area contributed by atoms with Crippen LogP contribution in [0.1, 0.15) is 91.4 Å². The molecule has 1 nitrogen and oxygen atoms in total. The molecule has 0 aliphatic heterocycles. The highest BCUT2D eigenvalue weighted by Gasteiger charge is 2.27. The molecule has 0 radical (unpaired) electrons. The van der Waals surface area contributed by atoms with Crippen molar-refractivity contribution in [1.29, 1.82) is 5.26 Å². The summed E-state index contributed by atoms with van der Waals surface area (Å²) in [6, 6.07) is 2.44. The number of unbranched alkanes of at least 4 members (excludes halogenated alkanes) is 4. The molecule has 1 atom stereocenters. The van der Waals surface area contributed by atoms with Gasteiger partial charge >= 0.3 is 0 Å². The number of hydrogen-bond donors (Lipinski definition) is 0. The molecule has 0 amide bonds. The van der Waals surface area contributed by atoms with Crippen LogP contribution in [0, 0.1) is 16.7 Å². The molecule has 0 aliphatic rings. The van der Waals surface area contributed by atoms with Crippen molar-refractivity contribution < 1.29 is 0 Å². The molecular weight excluding hydrogens is 206 g/mol. The highest BCUT2D eigenvalue weighted by Crippen LogP contribution is 2.39. The first-order chi connectivity index (χ1) is 8.24. The lowest BCUT2D eigenvalue weighted by atomic mass is 9.72. The van der Waals surface area contributed by atoms with Crippen LogP contribution < -0.4 is 0 Å². The van der Waals surface area contributed by atoms with E-state index in [0.717, 1.165) is 6.42 Å². The van der Waals surface area contributed by atoms with Crippen LogP contribution in [0.25, 0.3) is 0 Å². The molecule has 0 bridgehead atoms. The Labute approximate surface area is 109 Å². The van der Waals surface area contributed by atoms with Crippen LogP contribution >= 0.6 is 0 Å². The summed E-state index contributed by atoms with van der Waals surface area (Å²) in [4.78, 5) is 0. The lowest BCUT2D eigenvalue weighted by Crippen LogP contribution is -2.20. The van der Waals surface area contributed by atoms with Gasteiger partial charge in [-0.05, 0) is 24.7 Å². The first-order valence-corrected chi connectivity index (χ1v) is 7.61. The van der Waals surface area contributed by atoms with Gasteiger partial charge in [0.25, 0.3) is 0 Å². The van der Waals surface area contributed by atoms with E-state index in [1.807, 2.05) is 0 Å². The topological polar surface area (TPSA) is 23.8 Å². The van der Waals surface area contributed by atoms with Crippen LogP contribution in [0.15, 0.2) is 0 Å². The SMILES string of the molecule is CCCCCCC(CC#N)(CCC)CCCC. The van der Waals surface area contributed by atoms with Gasteiger partial charge in [0.15, 0.2) is 0 Å². The van der Waals surface area contributed by atoms with Crippen molar-refractivity contribution >= 4 is 0 Å². The monoisotopic (exact) mass is 237 g/mol. The van der Waals surface area contributed by atoms with Crippen molar-refractivity contribution in [2.75, 3.05) is 0 Å². The minimum Gasteiger partial charge on any atom is -0.198 e. The zero-order chi connectivity index (χ0) is 13.0. The highest BCUT2D eigenvalue weighted by atomic mass is 14.3. The van der Waals surface area contributed by atoms with E-state index >= 15 is 0 Å². The summed E-state index contributed by atoms with van der Waals surface area (Å²) in [7, 11) is 0. The van der Waals surface area contributed by atoms with E-state index in [4.69, 9.17) is 5.26 Å². The zero-order valence-electron chi connectivity index (χ0n) is 12.2. The van der Waals surface area contributed by atoms with Gasteiger partial charge in [0.05, 0.1) is 6.07 Å². The van der Waals surface area contributed by atoms with Crippen molar-refractivity contribution in [2.45, 2.75) is 91.4 Å². The average Bonchev–Trinajstić information content (AvgIpc) is 2.33. The third kappa shape index (κ3) is 7.42. The van der Waals surface area contributed by atoms with Crippen molar-refractivity contribution in [3.05, 3.63) is 0 Å². The van der Waals surface area contributed by atoms with Crippen molar-refractivity contribution in [3.63, 3.8) is 0 Å². The molecule has 17 heavy (non-hydrogen) atoms. The fourth-order valence-corrected chi connectivity index (χ4v) is 2.82. The van der Waals surface area contributed by atoms with Crippen LogP contribution in [-0.2, 0) is 0 Å². The van der Waals surface area contributed by atoms with Gasteiger partial charge < -0.3 is 0 Å². The molecule has 0 aromatic rings. The Hall–Kier alpha value is -0.510. The first kappa shape index (κ1) is 16.5. The Balaban J connectivity index is 4.26. The lowest BCUT2D eigenvalue weighted by molar-refractivity contribution is 0.207. The van der Waals surface area contributed by atoms with Gasteiger partial charge in [-0.25, -0.2) is 0 Å². The van der Waals surface area contributed by atoms with E-state index in [0.29, 0.717) is 5.41 Å². The first-order valence-electron chi connectivity index (χ1n) is 7.61. The molecule has 0 spiro atoms. The summed E-state index contributed by atoms with van der Waals surface area (Å²) in [5, 5.41) is 9.08. The fraction of sp³-hybridized carbons (Fsp3) is 0.938. The maximum Gasteiger partial charge on any atom is 0.0627 e. The second-order valence-electron chi connectivity index (χ2n) is 5.50. The molecule has 0 saturated carbocycles. The van der Waals surface area contributed by atoms with Gasteiger partial charge in [0, 0.05) is 6.42 Å². The van der Waals surface area contributed by atoms with Crippen LogP contribution in [-0.4, -0.2) is 0 Å². The molecule has 0 aliphatic carbocycles. The summed E-state index contributed by atoms with van der Waals surface area (Å²) in [5.41, 5.74) is 0.341. The molecular formula is C16H31N. The van der Waals surface area contributed by atoms with Crippen molar-refractivity contribution in [2.24, 2.45) is 5.41 Å². The fourth-order valence-electron chi connectivity index (χ4n) is 2.82. The van der Waals surface area contributed by atoms with Gasteiger partial charge in [0.1, 0.15) is 0 Å². The molecule has 0 aromatic carbocycles. The maximum absolute atomic E-state index is 9.08. The van der Waals surface area contributed by atoms with Gasteiger partial charge in [-0.1, -0.05) is 65.7 Å². The molecule has 0 N–H and O–H groups in total. The second kappa shape index (κ2) is 10.6. The average molecular weight is 237 g/mol. The second-order valence-corrected chi connectivity index (χ2v) is 5.50. The quantitative estimate of drug-likeness (QED) is 0.414. The van der Waals surface area contributed by atoms with Crippen molar-refractivity contribution in [1.82, 2.24) is 0 Å². The Morgan fingerprint density at radius 1 is 0.765 bits per heavy atom. The van der Waals surface area contributed by atoms with Crippen LogP contribution in [0.3, 0.4) is 0 Å². The molecule has 0 rings (SSSR count). The van der Waals surface area contributed by atoms with Crippen molar-refractivity contribution in [3.8, 4) is 6.07 Å². The van der Waals surface area contributed by atoms with E-state index in [2.05, 4.69) is 26.8 Å². The van der Waals surface area contributed by atoms with E-state index in [-0.39, 0.29) is 0 Å². The zero-order valence-corrected chi connectivity index (χ0v) is 12.2. The van der Waals surface area contributed by atoms with Crippen LogP contribution in [0.4, 0.5) is 0 Å². The summed E-state index contributed by atoms with van der Waals surface area (Å²) < 4.78 is 0. The Morgan fingerprint density at radius 3 is 1.94 bits per heavy atom. The molecule has 1 heteroatoms. The minimum atomic E-state index is 0.341. The third-order valence-electron chi connectivity index (χ3n) is 3.86. The predicted octanol–water partition coefficient (Wildman–Crippen LogP) is 5.85. The molecule has 0 saturated heterocycles. The normalized spacial score (nSPS) is 14.2. The molecule has 0 aromatic heterocycles. The third-order valence-corrected chi connectivity index (χ3v) is 3.86. The lowest BCUT2D eigenvalue weighted by Gasteiger charge is -2.31. The van der Waals surface area contributed by atoms with E-state index in [1.54, 1.807) is 0 Å². The molecule has 100 valence electrons. The summed E-state index contributed by atoms with van der Waals surface area (Å²) >= 11 is 0.